The second-order valence-corrected chi connectivity index (χ2v) is 4.49. The van der Waals surface area contributed by atoms with E-state index in [9.17, 15) is 9.18 Å². The van der Waals surface area contributed by atoms with Crippen molar-refractivity contribution in [2.75, 3.05) is 12.4 Å². The van der Waals surface area contributed by atoms with Gasteiger partial charge in [0.05, 0.1) is 0 Å². The third-order valence-electron chi connectivity index (χ3n) is 3.27. The van der Waals surface area contributed by atoms with Crippen molar-refractivity contribution in [3.05, 3.63) is 30.1 Å². The predicted octanol–water partition coefficient (Wildman–Crippen LogP) is 3.23. The Labute approximate surface area is 101 Å². The normalized spacial score (nSPS) is 15.9. The molecule has 1 aromatic carbocycles. The third-order valence-corrected chi connectivity index (χ3v) is 3.27. The summed E-state index contributed by atoms with van der Waals surface area (Å²) in [6.07, 6.45) is 4.49. The van der Waals surface area contributed by atoms with Crippen molar-refractivity contribution in [1.29, 1.82) is 0 Å². The zero-order valence-electron chi connectivity index (χ0n) is 9.95. The lowest BCUT2D eigenvalue weighted by atomic mass is 10.2. The van der Waals surface area contributed by atoms with Crippen LogP contribution in [0.2, 0.25) is 0 Å². The van der Waals surface area contributed by atoms with Gasteiger partial charge in [0.15, 0.2) is 0 Å². The van der Waals surface area contributed by atoms with E-state index in [1.807, 2.05) is 0 Å². The molecule has 0 radical (unpaired) electrons. The largest absolute Gasteiger partial charge is 0.325 e. The van der Waals surface area contributed by atoms with Crippen molar-refractivity contribution in [1.82, 2.24) is 4.90 Å². The van der Waals surface area contributed by atoms with Crippen LogP contribution >= 0.6 is 0 Å². The van der Waals surface area contributed by atoms with E-state index in [0.717, 1.165) is 12.8 Å². The molecular weight excluding hydrogens is 219 g/mol. The SMILES string of the molecule is CN(C(=O)Nc1cccc(F)c1)C1CCCC1. The quantitative estimate of drug-likeness (QED) is 0.840. The minimum absolute atomic E-state index is 0.164. The summed E-state index contributed by atoms with van der Waals surface area (Å²) in [5.74, 6) is -0.341. The molecule has 2 rings (SSSR count). The number of rotatable bonds is 2. The van der Waals surface area contributed by atoms with Gasteiger partial charge in [0, 0.05) is 18.8 Å². The minimum atomic E-state index is -0.341. The van der Waals surface area contributed by atoms with Crippen LogP contribution in [0, 0.1) is 5.82 Å². The fourth-order valence-corrected chi connectivity index (χ4v) is 2.24. The zero-order valence-corrected chi connectivity index (χ0v) is 9.95. The Bertz CT molecular complexity index is 402. The maximum Gasteiger partial charge on any atom is 0.321 e. The summed E-state index contributed by atoms with van der Waals surface area (Å²) in [6.45, 7) is 0. The van der Waals surface area contributed by atoms with E-state index in [4.69, 9.17) is 0 Å². The van der Waals surface area contributed by atoms with Crippen LogP contribution in [0.5, 0.6) is 0 Å². The van der Waals surface area contributed by atoms with Gasteiger partial charge in [-0.25, -0.2) is 9.18 Å². The zero-order chi connectivity index (χ0) is 12.3. The fraction of sp³-hybridized carbons (Fsp3) is 0.462. The molecule has 1 N–H and O–H groups in total. The van der Waals surface area contributed by atoms with Crippen LogP contribution in [-0.2, 0) is 0 Å². The number of benzene rings is 1. The second-order valence-electron chi connectivity index (χ2n) is 4.49. The van der Waals surface area contributed by atoms with Gasteiger partial charge in [-0.05, 0) is 31.0 Å². The molecule has 1 aromatic rings. The lowest BCUT2D eigenvalue weighted by molar-refractivity contribution is 0.205. The van der Waals surface area contributed by atoms with Gasteiger partial charge >= 0.3 is 6.03 Å². The second kappa shape index (κ2) is 5.17. The van der Waals surface area contributed by atoms with Crippen LogP contribution in [0.1, 0.15) is 25.7 Å². The highest BCUT2D eigenvalue weighted by Crippen LogP contribution is 2.23. The molecule has 3 nitrogen and oxygen atoms in total. The molecule has 0 spiro atoms. The fourth-order valence-electron chi connectivity index (χ4n) is 2.24. The summed E-state index contributed by atoms with van der Waals surface area (Å²) in [5.41, 5.74) is 0.500. The maximum atomic E-state index is 13.0. The first-order chi connectivity index (χ1) is 8.16. The van der Waals surface area contributed by atoms with Gasteiger partial charge in [-0.2, -0.15) is 0 Å². The number of halogens is 1. The van der Waals surface area contributed by atoms with Gasteiger partial charge in [-0.1, -0.05) is 18.9 Å². The Morgan fingerprint density at radius 2 is 2.12 bits per heavy atom. The summed E-state index contributed by atoms with van der Waals surface area (Å²) in [5, 5.41) is 2.71. The van der Waals surface area contributed by atoms with E-state index in [-0.39, 0.29) is 11.8 Å². The average molecular weight is 236 g/mol. The third kappa shape index (κ3) is 2.96. The molecule has 1 fully saturated rings. The van der Waals surface area contributed by atoms with Crippen molar-refractivity contribution >= 4 is 11.7 Å². The van der Waals surface area contributed by atoms with Crippen molar-refractivity contribution in [3.63, 3.8) is 0 Å². The molecule has 2 amide bonds. The van der Waals surface area contributed by atoms with Gasteiger partial charge in [0.2, 0.25) is 0 Å². The molecule has 4 heteroatoms. The number of anilines is 1. The summed E-state index contributed by atoms with van der Waals surface area (Å²) in [6, 6.07) is 6.10. The molecule has 0 bridgehead atoms. The first kappa shape index (κ1) is 11.9. The van der Waals surface area contributed by atoms with Gasteiger partial charge in [-0.15, -0.1) is 0 Å². The highest BCUT2D eigenvalue weighted by molar-refractivity contribution is 5.89. The first-order valence-electron chi connectivity index (χ1n) is 5.96. The van der Waals surface area contributed by atoms with Crippen LogP contribution in [-0.4, -0.2) is 24.0 Å². The monoisotopic (exact) mass is 236 g/mol. The smallest absolute Gasteiger partial charge is 0.321 e. The van der Waals surface area contributed by atoms with Crippen LogP contribution in [0.15, 0.2) is 24.3 Å². The van der Waals surface area contributed by atoms with Crippen LogP contribution < -0.4 is 5.32 Å². The number of nitrogens with zero attached hydrogens (tertiary/aromatic N) is 1. The van der Waals surface area contributed by atoms with E-state index in [0.29, 0.717) is 11.7 Å². The number of carbonyl (C=O) groups excluding carboxylic acids is 1. The highest BCUT2D eigenvalue weighted by atomic mass is 19.1. The number of carbonyl (C=O) groups is 1. The number of amides is 2. The number of hydrogen-bond acceptors (Lipinski definition) is 1. The van der Waals surface area contributed by atoms with E-state index < -0.39 is 0 Å². The van der Waals surface area contributed by atoms with E-state index in [1.165, 1.54) is 25.0 Å². The predicted molar refractivity (Wildman–Crippen MR) is 65.4 cm³/mol. The topological polar surface area (TPSA) is 32.3 Å². The van der Waals surface area contributed by atoms with Crippen LogP contribution in [0.25, 0.3) is 0 Å². The molecule has 0 atom stereocenters. The van der Waals surface area contributed by atoms with Crippen molar-refractivity contribution < 1.29 is 9.18 Å². The number of hydrogen-bond donors (Lipinski definition) is 1. The van der Waals surface area contributed by atoms with Crippen molar-refractivity contribution in [3.8, 4) is 0 Å². The molecule has 0 heterocycles. The summed E-state index contributed by atoms with van der Waals surface area (Å²) in [4.78, 5) is 13.6. The molecule has 1 aliphatic rings. The molecule has 0 saturated heterocycles. The van der Waals surface area contributed by atoms with Crippen molar-refractivity contribution in [2.24, 2.45) is 0 Å². The van der Waals surface area contributed by atoms with Crippen molar-refractivity contribution in [2.45, 2.75) is 31.7 Å². The standard InChI is InChI=1S/C13H17FN2O/c1-16(12-7-2-3-8-12)13(17)15-11-6-4-5-10(14)9-11/h4-6,9,12H,2-3,7-8H2,1H3,(H,15,17). The summed E-state index contributed by atoms with van der Waals surface area (Å²) in [7, 11) is 1.80. The average Bonchev–Trinajstić information content (AvgIpc) is 2.81. The Morgan fingerprint density at radius 1 is 1.41 bits per heavy atom. The lowest BCUT2D eigenvalue weighted by Crippen LogP contribution is -2.38. The Morgan fingerprint density at radius 3 is 2.76 bits per heavy atom. The van der Waals surface area contributed by atoms with E-state index >= 15 is 0 Å². The minimum Gasteiger partial charge on any atom is -0.325 e. The molecular formula is C13H17FN2O. The molecule has 1 aliphatic carbocycles. The first-order valence-corrected chi connectivity index (χ1v) is 5.96. The summed E-state index contributed by atoms with van der Waals surface area (Å²) < 4.78 is 13.0. The van der Waals surface area contributed by atoms with E-state index in [1.54, 1.807) is 24.1 Å². The lowest BCUT2D eigenvalue weighted by Gasteiger charge is -2.24. The Balaban J connectivity index is 1.96. The Kier molecular flexibility index (Phi) is 3.61. The number of nitrogens with one attached hydrogen (secondary N) is 1. The van der Waals surface area contributed by atoms with Gasteiger partial charge in [-0.3, -0.25) is 0 Å². The van der Waals surface area contributed by atoms with Gasteiger partial charge in [0.1, 0.15) is 5.82 Å². The van der Waals surface area contributed by atoms with Gasteiger partial charge in [0.25, 0.3) is 0 Å². The van der Waals surface area contributed by atoms with Crippen LogP contribution in [0.4, 0.5) is 14.9 Å². The molecule has 0 unspecified atom stereocenters. The molecule has 1 saturated carbocycles. The Hall–Kier alpha value is -1.58. The van der Waals surface area contributed by atoms with Crippen LogP contribution in [0.3, 0.4) is 0 Å². The van der Waals surface area contributed by atoms with E-state index in [2.05, 4.69) is 5.32 Å². The number of urea groups is 1. The molecule has 0 aromatic heterocycles. The molecule has 0 aliphatic heterocycles. The molecule has 17 heavy (non-hydrogen) atoms. The van der Waals surface area contributed by atoms with Gasteiger partial charge < -0.3 is 10.2 Å². The highest BCUT2D eigenvalue weighted by Gasteiger charge is 2.23. The maximum absolute atomic E-state index is 13.0. The molecule has 92 valence electrons. The summed E-state index contributed by atoms with van der Waals surface area (Å²) >= 11 is 0.